The van der Waals surface area contributed by atoms with E-state index in [1.165, 1.54) is 34.8 Å². The van der Waals surface area contributed by atoms with E-state index in [0.717, 1.165) is 4.90 Å². The number of thiocarbonyl (C=S) groups is 1. The van der Waals surface area contributed by atoms with Crippen LogP contribution in [0.3, 0.4) is 0 Å². The van der Waals surface area contributed by atoms with Crippen molar-refractivity contribution in [2.75, 3.05) is 5.75 Å². The summed E-state index contributed by atoms with van der Waals surface area (Å²) >= 11 is 6.66. The SMILES string of the molecule is Cc1nc2[nH]cc(C(=O)NC(C(=O)NC3C(=O)N4C(C(=O)O)=C(C(=S)c5nnnn5C)CS[C@@H]34)c3ccc(CO)cc3)c(=O)c2nc1C. The quantitative estimate of drug-likeness (QED) is 0.0852. The van der Waals surface area contributed by atoms with E-state index in [1.54, 1.807) is 33.0 Å². The van der Waals surface area contributed by atoms with Gasteiger partial charge in [-0.1, -0.05) is 36.5 Å². The van der Waals surface area contributed by atoms with Crippen LogP contribution < -0.4 is 16.1 Å². The molecule has 6 rings (SSSR count). The first kappa shape index (κ1) is 32.5. The van der Waals surface area contributed by atoms with E-state index in [4.69, 9.17) is 12.2 Å². The normalized spacial score (nSPS) is 17.8. The molecule has 0 saturated carbocycles. The van der Waals surface area contributed by atoms with Crippen LogP contribution in [-0.4, -0.2) is 96.0 Å². The molecule has 2 aliphatic rings. The van der Waals surface area contributed by atoms with Gasteiger partial charge in [-0.2, -0.15) is 0 Å². The molecule has 1 fully saturated rings. The molecule has 0 bridgehead atoms. The highest BCUT2D eigenvalue weighted by atomic mass is 32.2. The number of thioether (sulfide) groups is 1. The molecule has 2 unspecified atom stereocenters. The van der Waals surface area contributed by atoms with Crippen molar-refractivity contribution in [2.45, 2.75) is 37.9 Å². The summed E-state index contributed by atoms with van der Waals surface area (Å²) < 4.78 is 1.29. The zero-order valence-corrected chi connectivity index (χ0v) is 27.0. The molecular formula is C29H26N10O7S2. The molecule has 1 saturated heterocycles. The minimum atomic E-state index is -1.40. The average molecular weight is 691 g/mol. The number of carbonyl (C=O) groups excluding carboxylic acids is 3. The standard InChI is InChI=1S/C29H26N10O7S2/c1-11-12(2)32-23-18(31-11)21(41)15(8-30-23)25(42)33-17(14-6-4-13(9-40)5-7-14)26(43)34-19-27(44)39-20(29(45)46)16(10-48-28(19)39)22(47)24-35-36-37-38(24)3/h4-8,17,19,28,40H,9-10H2,1-3H3,(H,33,42)(H,34,43)(H,45,46)(H,30,32,41)/t17?,19?,28-/m0/s1. The maximum absolute atomic E-state index is 13.8. The van der Waals surface area contributed by atoms with E-state index in [0.29, 0.717) is 17.0 Å². The van der Waals surface area contributed by atoms with Crippen LogP contribution in [0, 0.1) is 13.8 Å². The highest BCUT2D eigenvalue weighted by Crippen LogP contribution is 2.41. The van der Waals surface area contributed by atoms with Crippen LogP contribution in [-0.2, 0) is 28.0 Å². The third-order valence-corrected chi connectivity index (χ3v) is 9.67. The van der Waals surface area contributed by atoms with Gasteiger partial charge in [-0.05, 0) is 35.4 Å². The Morgan fingerprint density at radius 2 is 1.85 bits per heavy atom. The molecule has 19 heteroatoms. The Labute approximate surface area is 279 Å². The summed E-state index contributed by atoms with van der Waals surface area (Å²) in [5.74, 6) is -3.55. The van der Waals surface area contributed by atoms with Crippen molar-refractivity contribution in [2.24, 2.45) is 7.05 Å². The van der Waals surface area contributed by atoms with Gasteiger partial charge in [-0.25, -0.2) is 19.4 Å². The number of rotatable bonds is 9. The molecule has 0 radical (unpaired) electrons. The summed E-state index contributed by atoms with van der Waals surface area (Å²) in [5.41, 5.74) is 0.904. The lowest BCUT2D eigenvalue weighted by atomic mass is 9.99. The van der Waals surface area contributed by atoms with Crippen LogP contribution in [0.5, 0.6) is 0 Å². The van der Waals surface area contributed by atoms with Crippen molar-refractivity contribution in [1.29, 1.82) is 0 Å². The lowest BCUT2D eigenvalue weighted by Gasteiger charge is -2.49. The van der Waals surface area contributed by atoms with Gasteiger partial charge in [0.25, 0.3) is 11.8 Å². The van der Waals surface area contributed by atoms with Crippen LogP contribution >= 0.6 is 24.0 Å². The molecular weight excluding hydrogens is 665 g/mol. The van der Waals surface area contributed by atoms with Crippen LogP contribution in [0.15, 0.2) is 46.5 Å². The highest BCUT2D eigenvalue weighted by molar-refractivity contribution is 8.00. The van der Waals surface area contributed by atoms with Gasteiger partial charge in [-0.15, -0.1) is 16.9 Å². The number of tetrazole rings is 1. The molecule has 17 nitrogen and oxygen atoms in total. The minimum absolute atomic E-state index is 0.0508. The first-order chi connectivity index (χ1) is 22.9. The third-order valence-electron chi connectivity index (χ3n) is 7.96. The molecule has 5 heterocycles. The largest absolute Gasteiger partial charge is 0.477 e. The number of carboxylic acid groups (broad SMARTS) is 1. The van der Waals surface area contributed by atoms with Crippen LogP contribution in [0.25, 0.3) is 11.2 Å². The number of aryl methyl sites for hydroxylation is 3. The summed E-state index contributed by atoms with van der Waals surface area (Å²) in [6, 6.07) is 3.59. The number of aromatic nitrogens is 7. The first-order valence-corrected chi connectivity index (χ1v) is 15.7. The van der Waals surface area contributed by atoms with Crippen LogP contribution in [0.2, 0.25) is 0 Å². The molecule has 0 aliphatic carbocycles. The molecule has 3 amide bonds. The summed E-state index contributed by atoms with van der Waals surface area (Å²) in [7, 11) is 1.54. The van der Waals surface area contributed by atoms with Crippen molar-refractivity contribution in [3.63, 3.8) is 0 Å². The predicted molar refractivity (Wildman–Crippen MR) is 172 cm³/mol. The fourth-order valence-corrected chi connectivity index (χ4v) is 7.06. The molecule has 5 N–H and O–H groups in total. The van der Waals surface area contributed by atoms with Gasteiger partial charge in [0, 0.05) is 24.6 Å². The number of nitrogens with one attached hydrogen (secondary N) is 3. The second-order valence-electron chi connectivity index (χ2n) is 10.9. The number of aliphatic hydroxyl groups excluding tert-OH is 1. The number of aliphatic carboxylic acids is 1. The van der Waals surface area contributed by atoms with E-state index in [9.17, 15) is 34.2 Å². The number of H-pyrrole nitrogens is 1. The Morgan fingerprint density at radius 3 is 2.50 bits per heavy atom. The number of amides is 3. The number of hydrogen-bond donors (Lipinski definition) is 5. The smallest absolute Gasteiger partial charge is 0.353 e. The van der Waals surface area contributed by atoms with Crippen LogP contribution in [0.4, 0.5) is 0 Å². The molecule has 4 aromatic rings. The maximum atomic E-state index is 13.8. The number of aliphatic hydroxyl groups is 1. The van der Waals surface area contributed by atoms with Gasteiger partial charge >= 0.3 is 5.97 Å². The molecule has 246 valence electrons. The van der Waals surface area contributed by atoms with Crippen molar-refractivity contribution >= 4 is 63.7 Å². The minimum Gasteiger partial charge on any atom is -0.477 e. The number of β-lactam (4-membered cyclic amide) rings is 1. The number of carboxylic acids is 1. The van der Waals surface area contributed by atoms with E-state index < -0.39 is 46.6 Å². The van der Waals surface area contributed by atoms with Crippen molar-refractivity contribution in [3.8, 4) is 0 Å². The fourth-order valence-electron chi connectivity index (χ4n) is 5.28. The second-order valence-corrected chi connectivity index (χ2v) is 12.4. The lowest BCUT2D eigenvalue weighted by Crippen LogP contribution is -2.71. The monoisotopic (exact) mass is 690 g/mol. The van der Waals surface area contributed by atoms with E-state index >= 15 is 0 Å². The zero-order chi connectivity index (χ0) is 34.4. The number of carbonyl (C=O) groups is 4. The summed E-state index contributed by atoms with van der Waals surface area (Å²) in [4.78, 5) is 78.8. The lowest BCUT2D eigenvalue weighted by molar-refractivity contribution is -0.150. The molecule has 3 aromatic heterocycles. The van der Waals surface area contributed by atoms with Gasteiger partial charge in [0.15, 0.2) is 17.0 Å². The van der Waals surface area contributed by atoms with Crippen molar-refractivity contribution < 1.29 is 29.4 Å². The van der Waals surface area contributed by atoms with Gasteiger partial charge in [0.1, 0.15) is 28.7 Å². The van der Waals surface area contributed by atoms with Gasteiger partial charge in [0.2, 0.25) is 11.3 Å². The predicted octanol–water partition coefficient (Wildman–Crippen LogP) is -0.421. The summed E-state index contributed by atoms with van der Waals surface area (Å²) in [6.45, 7) is 3.14. The van der Waals surface area contributed by atoms with E-state index in [1.807, 2.05) is 0 Å². The molecule has 1 aromatic carbocycles. The van der Waals surface area contributed by atoms with Crippen molar-refractivity contribution in [1.82, 2.24) is 50.7 Å². The number of aromatic amines is 1. The van der Waals surface area contributed by atoms with Gasteiger partial charge in [0.05, 0.1) is 22.9 Å². The molecule has 0 spiro atoms. The van der Waals surface area contributed by atoms with E-state index in [2.05, 4.69) is 41.1 Å². The molecule has 48 heavy (non-hydrogen) atoms. The maximum Gasteiger partial charge on any atom is 0.353 e. The molecule has 2 aliphatic heterocycles. The Kier molecular flexibility index (Phi) is 8.58. The summed E-state index contributed by atoms with van der Waals surface area (Å²) in [6.07, 6.45) is 1.18. The Morgan fingerprint density at radius 1 is 1.15 bits per heavy atom. The summed E-state index contributed by atoms with van der Waals surface area (Å²) in [5, 5.41) is 35.1. The van der Waals surface area contributed by atoms with Crippen LogP contribution in [0.1, 0.15) is 44.7 Å². The number of nitrogens with zero attached hydrogens (tertiary/aromatic N) is 7. The van der Waals surface area contributed by atoms with Crippen molar-refractivity contribution in [3.05, 3.63) is 85.9 Å². The number of pyridine rings is 1. The number of hydrogen-bond acceptors (Lipinski definition) is 13. The fraction of sp³-hybridized carbons (Fsp3) is 0.276. The van der Waals surface area contributed by atoms with Gasteiger partial charge in [-0.3, -0.25) is 24.1 Å². The molecule has 3 atom stereocenters. The first-order valence-electron chi connectivity index (χ1n) is 14.3. The second kappa shape index (κ2) is 12.7. The highest BCUT2D eigenvalue weighted by Gasteiger charge is 2.55. The number of fused-ring (bicyclic) bond motifs is 2. The van der Waals surface area contributed by atoms with Gasteiger partial charge < -0.3 is 25.8 Å². The Hall–Kier alpha value is -5.40. The topological polar surface area (TPSA) is 238 Å². The zero-order valence-electron chi connectivity index (χ0n) is 25.4. The Balaban J connectivity index is 1.27. The van der Waals surface area contributed by atoms with E-state index in [-0.39, 0.29) is 56.6 Å². The Bertz CT molecular complexity index is 2130. The third kappa shape index (κ3) is 5.60. The average Bonchev–Trinajstić information content (AvgIpc) is 3.51. The number of benzene rings is 1.